The second-order valence-corrected chi connectivity index (χ2v) is 11.7. The molecule has 4 heterocycles. The molecule has 1 unspecified atom stereocenters. The van der Waals surface area contributed by atoms with E-state index in [1.807, 2.05) is 56.4 Å². The first-order valence-corrected chi connectivity index (χ1v) is 13.8. The Hall–Kier alpha value is -2.58. The molecule has 2 amide bonds. The number of hydrogen-bond donors (Lipinski definition) is 1. The van der Waals surface area contributed by atoms with E-state index in [2.05, 4.69) is 0 Å². The summed E-state index contributed by atoms with van der Waals surface area (Å²) in [5.41, 5.74) is 2.93. The Morgan fingerprint density at radius 3 is 2.69 bits per heavy atom. The number of anilines is 1. The van der Waals surface area contributed by atoms with Crippen LogP contribution in [0.4, 0.5) is 5.69 Å². The molecule has 2 fully saturated rings. The van der Waals surface area contributed by atoms with Crippen LogP contribution in [0.1, 0.15) is 36.8 Å². The van der Waals surface area contributed by atoms with Crippen LogP contribution in [-0.4, -0.2) is 70.1 Å². The van der Waals surface area contributed by atoms with E-state index in [1.54, 1.807) is 21.6 Å². The van der Waals surface area contributed by atoms with Gasteiger partial charge in [0.25, 0.3) is 5.91 Å². The van der Waals surface area contributed by atoms with E-state index < -0.39 is 22.6 Å². The molecule has 192 valence electrons. The van der Waals surface area contributed by atoms with Crippen LogP contribution in [0.15, 0.2) is 42.5 Å². The first-order chi connectivity index (χ1) is 17.4. The summed E-state index contributed by atoms with van der Waals surface area (Å²) in [6, 6.07) is 5.39. The van der Waals surface area contributed by atoms with Gasteiger partial charge in [-0.3, -0.25) is 14.4 Å². The number of aryl methyl sites for hydroxylation is 2. The van der Waals surface area contributed by atoms with E-state index in [0.717, 1.165) is 42.5 Å². The van der Waals surface area contributed by atoms with Crippen LogP contribution in [0.3, 0.4) is 0 Å². The minimum atomic E-state index is -0.818. The molecule has 7 nitrogen and oxygen atoms in total. The summed E-state index contributed by atoms with van der Waals surface area (Å²) in [7, 11) is 0. The molecule has 8 heteroatoms. The van der Waals surface area contributed by atoms with Crippen LogP contribution in [0.25, 0.3) is 0 Å². The van der Waals surface area contributed by atoms with E-state index in [9.17, 15) is 14.4 Å². The highest BCUT2D eigenvalue weighted by atomic mass is 32.2. The number of rotatable bonds is 7. The molecule has 0 aromatic heterocycles. The van der Waals surface area contributed by atoms with Crippen molar-refractivity contribution in [2.24, 2.45) is 11.8 Å². The number of likely N-dealkylation sites (tertiary alicyclic amines) is 1. The van der Waals surface area contributed by atoms with Crippen molar-refractivity contribution >= 4 is 35.2 Å². The van der Waals surface area contributed by atoms with Crippen molar-refractivity contribution in [3.8, 4) is 0 Å². The summed E-state index contributed by atoms with van der Waals surface area (Å²) >= 11 is 1.57. The highest BCUT2D eigenvalue weighted by molar-refractivity contribution is 8.02. The van der Waals surface area contributed by atoms with Gasteiger partial charge in [0.2, 0.25) is 5.91 Å². The molecule has 1 spiro atoms. The van der Waals surface area contributed by atoms with Gasteiger partial charge in [-0.25, -0.2) is 0 Å². The molecule has 0 bridgehead atoms. The fraction of sp³-hybridized carbons (Fsp3) is 0.536. The fourth-order valence-corrected chi connectivity index (χ4v) is 8.18. The second-order valence-electron chi connectivity index (χ2n) is 10.2. The minimum absolute atomic E-state index is 0.0961. The number of unbranched alkanes of at least 4 members (excludes halogenated alkanes) is 3. The zero-order valence-electron chi connectivity index (χ0n) is 20.9. The number of amides is 2. The predicted octanol–water partition coefficient (Wildman–Crippen LogP) is 3.17. The number of hydrogen-bond acceptors (Lipinski definition) is 6. The lowest BCUT2D eigenvalue weighted by Crippen LogP contribution is -2.53. The normalized spacial score (nSPS) is 31.1. The van der Waals surface area contributed by atoms with Crippen molar-refractivity contribution in [1.29, 1.82) is 0 Å². The number of benzene rings is 1. The molecule has 36 heavy (non-hydrogen) atoms. The number of fused-ring (bicyclic) bond motifs is 2. The van der Waals surface area contributed by atoms with Crippen molar-refractivity contribution < 1.29 is 24.2 Å². The summed E-state index contributed by atoms with van der Waals surface area (Å²) in [6.07, 6.45) is 11.1. The Bertz CT molecular complexity index is 1120. The quantitative estimate of drug-likeness (QED) is 0.345. The molecule has 2 saturated heterocycles. The third-order valence-corrected chi connectivity index (χ3v) is 9.62. The van der Waals surface area contributed by atoms with E-state index in [0.29, 0.717) is 13.1 Å². The Labute approximate surface area is 216 Å². The maximum Gasteiger partial charge on any atom is 0.311 e. The monoisotopic (exact) mass is 510 g/mol. The molecular formula is C28H34N2O5S. The third-order valence-electron chi connectivity index (χ3n) is 7.88. The van der Waals surface area contributed by atoms with Gasteiger partial charge in [0, 0.05) is 30.6 Å². The van der Waals surface area contributed by atoms with Gasteiger partial charge in [0.05, 0.1) is 16.6 Å². The lowest BCUT2D eigenvalue weighted by atomic mass is 9.78. The van der Waals surface area contributed by atoms with Gasteiger partial charge in [-0.05, 0) is 43.9 Å². The molecule has 4 aliphatic heterocycles. The van der Waals surface area contributed by atoms with Crippen LogP contribution in [0, 0.1) is 25.7 Å². The van der Waals surface area contributed by atoms with Crippen molar-refractivity contribution in [1.82, 2.24) is 4.90 Å². The van der Waals surface area contributed by atoms with Gasteiger partial charge in [0.1, 0.15) is 12.6 Å². The molecule has 1 aromatic rings. The molecular weight excluding hydrogens is 476 g/mol. The lowest BCUT2D eigenvalue weighted by Gasteiger charge is -2.35. The van der Waals surface area contributed by atoms with Gasteiger partial charge in [-0.2, -0.15) is 0 Å². The number of carbonyl (C=O) groups excluding carboxylic acids is 3. The van der Waals surface area contributed by atoms with Crippen LogP contribution in [0.2, 0.25) is 0 Å². The van der Waals surface area contributed by atoms with E-state index in [-0.39, 0.29) is 36.2 Å². The number of aliphatic hydroxyl groups is 1. The average Bonchev–Trinajstić information content (AvgIpc) is 3.15. The number of esters is 1. The highest BCUT2D eigenvalue weighted by Crippen LogP contribution is 2.61. The number of ether oxygens (including phenoxy) is 1. The largest absolute Gasteiger partial charge is 0.461 e. The minimum Gasteiger partial charge on any atom is -0.461 e. The van der Waals surface area contributed by atoms with Crippen molar-refractivity contribution in [2.45, 2.75) is 55.6 Å². The lowest BCUT2D eigenvalue weighted by molar-refractivity contribution is -0.151. The summed E-state index contributed by atoms with van der Waals surface area (Å²) in [5.74, 6) is -1.82. The molecule has 0 radical (unpaired) electrons. The Kier molecular flexibility index (Phi) is 7.01. The zero-order valence-corrected chi connectivity index (χ0v) is 21.7. The smallest absolute Gasteiger partial charge is 0.311 e. The van der Waals surface area contributed by atoms with E-state index in [4.69, 9.17) is 9.84 Å². The SMILES string of the molecule is Cc1ccc(C)c(N2CC=C[C@]34S[C@@H]5C=CCOC(=O)[C@@H]5[C@H]3C(=O)N(CCCCCCO)C4C2=O)c1. The molecule has 5 rings (SSSR count). The molecule has 5 atom stereocenters. The summed E-state index contributed by atoms with van der Waals surface area (Å²) in [5, 5.41) is 8.91. The van der Waals surface area contributed by atoms with Gasteiger partial charge in [0.15, 0.2) is 0 Å². The van der Waals surface area contributed by atoms with Gasteiger partial charge >= 0.3 is 5.97 Å². The zero-order chi connectivity index (χ0) is 25.4. The number of aliphatic hydroxyl groups excluding tert-OH is 1. The van der Waals surface area contributed by atoms with Crippen molar-refractivity contribution in [3.63, 3.8) is 0 Å². The number of thioether (sulfide) groups is 1. The Morgan fingerprint density at radius 2 is 1.89 bits per heavy atom. The molecule has 4 aliphatic rings. The molecule has 0 saturated carbocycles. The summed E-state index contributed by atoms with van der Waals surface area (Å²) < 4.78 is 4.62. The fourth-order valence-electron chi connectivity index (χ4n) is 6.18. The summed E-state index contributed by atoms with van der Waals surface area (Å²) in [6.45, 7) is 5.25. The van der Waals surface area contributed by atoms with Crippen LogP contribution >= 0.6 is 11.8 Å². The first kappa shape index (κ1) is 25.1. The van der Waals surface area contributed by atoms with E-state index in [1.165, 1.54) is 0 Å². The summed E-state index contributed by atoms with van der Waals surface area (Å²) in [4.78, 5) is 45.0. The van der Waals surface area contributed by atoms with Gasteiger partial charge in [-0.1, -0.05) is 49.3 Å². The number of nitrogens with zero attached hydrogens (tertiary/aromatic N) is 2. The Morgan fingerprint density at radius 1 is 1.08 bits per heavy atom. The Balaban J connectivity index is 1.55. The molecule has 0 aliphatic carbocycles. The van der Waals surface area contributed by atoms with E-state index >= 15 is 0 Å². The van der Waals surface area contributed by atoms with Crippen LogP contribution < -0.4 is 4.90 Å². The van der Waals surface area contributed by atoms with Gasteiger partial charge < -0.3 is 19.6 Å². The topological polar surface area (TPSA) is 87.2 Å². The second kappa shape index (κ2) is 10.1. The molecule has 1 aromatic carbocycles. The maximum atomic E-state index is 14.4. The average molecular weight is 511 g/mol. The van der Waals surface area contributed by atoms with Crippen molar-refractivity contribution in [2.75, 3.05) is 31.2 Å². The maximum absolute atomic E-state index is 14.4. The number of cyclic esters (lactones) is 1. The van der Waals surface area contributed by atoms with Crippen molar-refractivity contribution in [3.05, 3.63) is 53.6 Å². The highest BCUT2D eigenvalue weighted by Gasteiger charge is 2.71. The molecule has 1 N–H and O–H groups in total. The third kappa shape index (κ3) is 4.08. The number of carbonyl (C=O) groups is 3. The van der Waals surface area contributed by atoms with Gasteiger partial charge in [-0.15, -0.1) is 11.8 Å². The first-order valence-electron chi connectivity index (χ1n) is 12.9. The van der Waals surface area contributed by atoms with Crippen LogP contribution in [0.5, 0.6) is 0 Å². The van der Waals surface area contributed by atoms with Crippen LogP contribution in [-0.2, 0) is 19.1 Å². The predicted molar refractivity (Wildman–Crippen MR) is 140 cm³/mol. The standard InChI is InChI=1S/C28H34N2O5S/c1-18-10-11-19(2)20(17-18)29-14-8-12-28-23(22-21(36-28)9-7-16-35-27(22)34)25(32)30(24(28)26(29)33)13-5-3-4-6-15-31/h7-12,17,21-24,31H,3-6,13-16H2,1-2H3/t21-,22+,23+,24?,28+/m1/s1.